The first-order chi connectivity index (χ1) is 6.22. The van der Waals surface area contributed by atoms with Crippen LogP contribution >= 0.6 is 0 Å². The minimum Gasteiger partial charge on any atom is -0.392 e. The van der Waals surface area contributed by atoms with E-state index in [-0.39, 0.29) is 18.5 Å². The van der Waals surface area contributed by atoms with Gasteiger partial charge in [0.15, 0.2) is 0 Å². The van der Waals surface area contributed by atoms with Gasteiger partial charge in [-0.3, -0.25) is 0 Å². The molecule has 0 aliphatic heterocycles. The van der Waals surface area contributed by atoms with Gasteiger partial charge in [-0.05, 0) is 35.6 Å². The van der Waals surface area contributed by atoms with E-state index in [1.54, 1.807) is 6.07 Å². The summed E-state index contributed by atoms with van der Waals surface area (Å²) in [5, 5.41) is 8.87. The van der Waals surface area contributed by atoms with Crippen LogP contribution in [0.3, 0.4) is 0 Å². The van der Waals surface area contributed by atoms with E-state index in [2.05, 4.69) is 0 Å². The first-order valence-corrected chi connectivity index (χ1v) is 4.40. The average molecular weight is 181 g/mol. The summed E-state index contributed by atoms with van der Waals surface area (Å²) in [5.74, 6) is -0.227. The van der Waals surface area contributed by atoms with E-state index in [1.165, 1.54) is 6.07 Å². The highest BCUT2D eigenvalue weighted by Gasteiger charge is 2.22. The van der Waals surface area contributed by atoms with Gasteiger partial charge in [0.1, 0.15) is 5.82 Å². The van der Waals surface area contributed by atoms with Crippen LogP contribution in [0, 0.1) is 5.82 Å². The lowest BCUT2D eigenvalue weighted by Crippen LogP contribution is -2.06. The zero-order chi connectivity index (χ0) is 9.42. The summed E-state index contributed by atoms with van der Waals surface area (Å²) < 4.78 is 13.3. The topological polar surface area (TPSA) is 46.2 Å². The van der Waals surface area contributed by atoms with E-state index in [0.29, 0.717) is 12.0 Å². The second kappa shape index (κ2) is 3.09. The number of aliphatic hydroxyl groups excluding tert-OH is 1. The zero-order valence-corrected chi connectivity index (χ0v) is 7.26. The van der Waals surface area contributed by atoms with Crippen LogP contribution in [0.15, 0.2) is 12.1 Å². The summed E-state index contributed by atoms with van der Waals surface area (Å²) >= 11 is 0. The molecule has 1 aliphatic carbocycles. The molecule has 0 heterocycles. The van der Waals surface area contributed by atoms with Gasteiger partial charge in [0.2, 0.25) is 0 Å². The van der Waals surface area contributed by atoms with Crippen LogP contribution < -0.4 is 5.73 Å². The lowest BCUT2D eigenvalue weighted by molar-refractivity contribution is 0.281. The predicted octanol–water partition coefficient (Wildman–Crippen LogP) is 1.26. The number of halogens is 1. The largest absolute Gasteiger partial charge is 0.392 e. The molecule has 1 aromatic carbocycles. The van der Waals surface area contributed by atoms with Gasteiger partial charge < -0.3 is 10.8 Å². The van der Waals surface area contributed by atoms with Crippen molar-refractivity contribution in [2.75, 3.05) is 0 Å². The molecule has 13 heavy (non-hydrogen) atoms. The average Bonchev–Trinajstić information content (AvgIpc) is 2.48. The van der Waals surface area contributed by atoms with Crippen molar-refractivity contribution in [1.82, 2.24) is 0 Å². The minimum atomic E-state index is -0.227. The van der Waals surface area contributed by atoms with Crippen LogP contribution in [-0.2, 0) is 13.0 Å². The lowest BCUT2D eigenvalue weighted by atomic mass is 10.0. The number of benzene rings is 1. The summed E-state index contributed by atoms with van der Waals surface area (Å²) in [6, 6.07) is 3.13. The highest BCUT2D eigenvalue weighted by atomic mass is 19.1. The molecule has 1 atom stereocenters. The standard InChI is InChI=1S/C10H12FNO/c11-9-4-6(5-13)3-8-7(9)1-2-10(8)12/h3-4,10,13H,1-2,5,12H2. The number of hydrogen-bond donors (Lipinski definition) is 2. The third kappa shape index (κ3) is 1.34. The summed E-state index contributed by atoms with van der Waals surface area (Å²) in [6.07, 6.45) is 1.52. The Hall–Kier alpha value is -0.930. The van der Waals surface area contributed by atoms with Gasteiger partial charge in [-0.25, -0.2) is 4.39 Å². The van der Waals surface area contributed by atoms with E-state index < -0.39 is 0 Å². The number of fused-ring (bicyclic) bond motifs is 1. The Kier molecular flexibility index (Phi) is 2.06. The fourth-order valence-electron chi connectivity index (χ4n) is 1.86. The monoisotopic (exact) mass is 181 g/mol. The van der Waals surface area contributed by atoms with E-state index in [9.17, 15) is 4.39 Å². The second-order valence-electron chi connectivity index (χ2n) is 3.45. The molecule has 3 heteroatoms. The van der Waals surface area contributed by atoms with E-state index in [1.807, 2.05) is 0 Å². The zero-order valence-electron chi connectivity index (χ0n) is 7.26. The molecule has 0 radical (unpaired) electrons. The van der Waals surface area contributed by atoms with Crippen LogP contribution in [0.4, 0.5) is 4.39 Å². The second-order valence-corrected chi connectivity index (χ2v) is 3.45. The molecule has 0 fully saturated rings. The Balaban J connectivity index is 2.53. The molecule has 1 unspecified atom stereocenters. The first-order valence-electron chi connectivity index (χ1n) is 4.40. The summed E-state index contributed by atoms with van der Waals surface area (Å²) in [4.78, 5) is 0. The Morgan fingerprint density at radius 3 is 3.00 bits per heavy atom. The number of nitrogens with two attached hydrogens (primary N) is 1. The molecule has 0 amide bonds. The Labute approximate surface area is 76.2 Å². The number of hydrogen-bond acceptors (Lipinski definition) is 2. The molecular formula is C10H12FNO. The predicted molar refractivity (Wildman–Crippen MR) is 47.6 cm³/mol. The third-order valence-electron chi connectivity index (χ3n) is 2.58. The van der Waals surface area contributed by atoms with Crippen LogP contribution in [-0.4, -0.2) is 5.11 Å². The molecule has 0 bridgehead atoms. The van der Waals surface area contributed by atoms with Gasteiger partial charge in [0.05, 0.1) is 6.61 Å². The maximum Gasteiger partial charge on any atom is 0.127 e. The quantitative estimate of drug-likeness (QED) is 0.685. The molecule has 2 rings (SSSR count). The van der Waals surface area contributed by atoms with Gasteiger partial charge >= 0.3 is 0 Å². The van der Waals surface area contributed by atoms with Crippen molar-refractivity contribution in [3.63, 3.8) is 0 Å². The minimum absolute atomic E-state index is 0.0593. The van der Waals surface area contributed by atoms with Crippen molar-refractivity contribution >= 4 is 0 Å². The first kappa shape index (κ1) is 8.66. The van der Waals surface area contributed by atoms with Gasteiger partial charge in [-0.2, -0.15) is 0 Å². The van der Waals surface area contributed by atoms with Crippen molar-refractivity contribution in [3.8, 4) is 0 Å². The van der Waals surface area contributed by atoms with Gasteiger partial charge in [0.25, 0.3) is 0 Å². The molecule has 1 aromatic rings. The molecule has 2 nitrogen and oxygen atoms in total. The summed E-state index contributed by atoms with van der Waals surface area (Å²) in [5.41, 5.74) is 7.99. The molecule has 70 valence electrons. The Bertz CT molecular complexity index is 338. The van der Waals surface area contributed by atoms with Crippen molar-refractivity contribution < 1.29 is 9.50 Å². The van der Waals surface area contributed by atoms with E-state index >= 15 is 0 Å². The lowest BCUT2D eigenvalue weighted by Gasteiger charge is -2.07. The summed E-state index contributed by atoms with van der Waals surface area (Å²) in [6.45, 7) is -0.128. The van der Waals surface area contributed by atoms with E-state index in [4.69, 9.17) is 10.8 Å². The normalized spacial score (nSPS) is 20.4. The molecule has 0 saturated heterocycles. The Morgan fingerprint density at radius 2 is 2.31 bits per heavy atom. The number of aliphatic hydroxyl groups is 1. The smallest absolute Gasteiger partial charge is 0.127 e. The van der Waals surface area contributed by atoms with Gasteiger partial charge in [-0.1, -0.05) is 6.07 Å². The molecule has 0 spiro atoms. The van der Waals surface area contributed by atoms with Crippen LogP contribution in [0.25, 0.3) is 0 Å². The molecule has 0 aromatic heterocycles. The highest BCUT2D eigenvalue weighted by Crippen LogP contribution is 2.31. The highest BCUT2D eigenvalue weighted by molar-refractivity contribution is 5.38. The fourth-order valence-corrected chi connectivity index (χ4v) is 1.86. The van der Waals surface area contributed by atoms with Crippen LogP contribution in [0.5, 0.6) is 0 Å². The third-order valence-corrected chi connectivity index (χ3v) is 2.58. The molecule has 1 aliphatic rings. The maximum atomic E-state index is 13.3. The van der Waals surface area contributed by atoms with Crippen molar-refractivity contribution in [3.05, 3.63) is 34.6 Å². The van der Waals surface area contributed by atoms with Crippen LogP contribution in [0.1, 0.15) is 29.2 Å². The maximum absolute atomic E-state index is 13.3. The number of rotatable bonds is 1. The molecule has 0 saturated carbocycles. The van der Waals surface area contributed by atoms with Gasteiger partial charge in [0, 0.05) is 6.04 Å². The molecule has 3 N–H and O–H groups in total. The Morgan fingerprint density at radius 1 is 1.54 bits per heavy atom. The summed E-state index contributed by atoms with van der Waals surface area (Å²) in [7, 11) is 0. The van der Waals surface area contributed by atoms with Crippen molar-refractivity contribution in [2.45, 2.75) is 25.5 Å². The SMILES string of the molecule is NC1CCc2c(F)cc(CO)cc21. The fraction of sp³-hybridized carbons (Fsp3) is 0.400. The van der Waals surface area contributed by atoms with E-state index in [0.717, 1.165) is 17.5 Å². The van der Waals surface area contributed by atoms with Gasteiger partial charge in [-0.15, -0.1) is 0 Å². The van der Waals surface area contributed by atoms with Crippen molar-refractivity contribution in [1.29, 1.82) is 0 Å². The van der Waals surface area contributed by atoms with Crippen LogP contribution in [0.2, 0.25) is 0 Å². The van der Waals surface area contributed by atoms with Crippen molar-refractivity contribution in [2.24, 2.45) is 5.73 Å². The molecular weight excluding hydrogens is 169 g/mol.